The second-order valence-corrected chi connectivity index (χ2v) is 6.01. The van der Waals surface area contributed by atoms with Crippen LogP contribution in [0.1, 0.15) is 28.0 Å². The zero-order valence-corrected chi connectivity index (χ0v) is 13.4. The van der Waals surface area contributed by atoms with Crippen molar-refractivity contribution in [1.29, 1.82) is 0 Å². The van der Waals surface area contributed by atoms with Crippen molar-refractivity contribution in [2.24, 2.45) is 0 Å². The normalized spacial score (nSPS) is 10.7. The van der Waals surface area contributed by atoms with E-state index >= 15 is 0 Å². The highest BCUT2D eigenvalue weighted by Crippen LogP contribution is 2.19. The van der Waals surface area contributed by atoms with Gasteiger partial charge in [0.15, 0.2) is 0 Å². The Morgan fingerprint density at radius 2 is 2.04 bits per heavy atom. The molecule has 0 saturated carbocycles. The fourth-order valence-corrected chi connectivity index (χ4v) is 2.81. The van der Waals surface area contributed by atoms with Gasteiger partial charge in [0.2, 0.25) is 5.13 Å². The van der Waals surface area contributed by atoms with Gasteiger partial charge < -0.3 is 0 Å². The lowest BCUT2D eigenvalue weighted by molar-refractivity contribution is 0.102. The van der Waals surface area contributed by atoms with Gasteiger partial charge in [0, 0.05) is 0 Å². The number of amides is 1. The summed E-state index contributed by atoms with van der Waals surface area (Å²) in [6.45, 7) is 3.75. The van der Waals surface area contributed by atoms with Gasteiger partial charge in [0.05, 0.1) is 23.1 Å². The Kier molecular flexibility index (Phi) is 4.16. The molecule has 3 rings (SSSR count). The minimum atomic E-state index is -0.316. The third-order valence-corrected chi connectivity index (χ3v) is 4.02. The molecule has 2 heterocycles. The number of nitrogens with zero attached hydrogens (tertiary/aromatic N) is 4. The zero-order valence-electron chi connectivity index (χ0n) is 12.6. The first-order valence-corrected chi connectivity index (χ1v) is 7.84. The number of aromatic nitrogens is 4. The molecule has 1 amide bonds. The Morgan fingerprint density at radius 1 is 1.30 bits per heavy atom. The average molecular weight is 331 g/mol. The molecular formula is C15H14FN5OS. The van der Waals surface area contributed by atoms with Gasteiger partial charge in [0.1, 0.15) is 10.8 Å². The van der Waals surface area contributed by atoms with E-state index < -0.39 is 0 Å². The molecule has 0 spiro atoms. The molecule has 6 nitrogen and oxygen atoms in total. The lowest BCUT2D eigenvalue weighted by atomic mass is 10.2. The Balaban J connectivity index is 1.91. The number of anilines is 1. The van der Waals surface area contributed by atoms with Crippen LogP contribution >= 0.6 is 11.3 Å². The number of carbonyl (C=O) groups is 1. The Hall–Kier alpha value is -2.61. The summed E-state index contributed by atoms with van der Waals surface area (Å²) < 4.78 is 14.7. The minimum absolute atomic E-state index is 0.286. The maximum atomic E-state index is 13.1. The smallest absolute Gasteiger partial charge is 0.260 e. The van der Waals surface area contributed by atoms with Crippen LogP contribution in [0.5, 0.6) is 0 Å². The number of benzene rings is 1. The van der Waals surface area contributed by atoms with Gasteiger partial charge in [-0.2, -0.15) is 5.10 Å². The molecule has 23 heavy (non-hydrogen) atoms. The number of hydrogen-bond acceptors (Lipinski definition) is 5. The number of rotatable bonds is 4. The number of carbonyl (C=O) groups excluding carboxylic acids is 1. The minimum Gasteiger partial charge on any atom is -0.296 e. The molecule has 1 N–H and O–H groups in total. The molecule has 0 aliphatic carbocycles. The number of nitrogens with one attached hydrogen (secondary N) is 1. The summed E-state index contributed by atoms with van der Waals surface area (Å²) in [5, 5.41) is 15.9. The summed E-state index contributed by atoms with van der Waals surface area (Å²) in [6, 6.07) is 5.97. The molecule has 1 aromatic carbocycles. The number of hydrogen-bond donors (Lipinski definition) is 1. The summed E-state index contributed by atoms with van der Waals surface area (Å²) in [4.78, 5) is 12.4. The first-order chi connectivity index (χ1) is 11.1. The Bertz CT molecular complexity index is 840. The van der Waals surface area contributed by atoms with E-state index in [1.54, 1.807) is 16.8 Å². The lowest BCUT2D eigenvalue weighted by Gasteiger charge is -2.07. The van der Waals surface area contributed by atoms with Gasteiger partial charge in [-0.25, -0.2) is 9.07 Å². The van der Waals surface area contributed by atoms with E-state index in [0.717, 1.165) is 10.7 Å². The van der Waals surface area contributed by atoms with Crippen LogP contribution in [0.2, 0.25) is 0 Å². The quantitative estimate of drug-likeness (QED) is 0.798. The van der Waals surface area contributed by atoms with Crippen molar-refractivity contribution in [2.75, 3.05) is 5.32 Å². The van der Waals surface area contributed by atoms with Crippen LogP contribution in [0.15, 0.2) is 30.5 Å². The number of halogens is 1. The van der Waals surface area contributed by atoms with Gasteiger partial charge in [-0.1, -0.05) is 18.3 Å². The summed E-state index contributed by atoms with van der Waals surface area (Å²) in [6.07, 6.45) is 2.11. The highest BCUT2D eigenvalue weighted by atomic mass is 32.1. The zero-order chi connectivity index (χ0) is 16.4. The Morgan fingerprint density at radius 3 is 2.65 bits per heavy atom. The van der Waals surface area contributed by atoms with Crippen LogP contribution in [-0.4, -0.2) is 25.9 Å². The van der Waals surface area contributed by atoms with Gasteiger partial charge in [0.25, 0.3) is 5.91 Å². The van der Waals surface area contributed by atoms with Gasteiger partial charge in [-0.05, 0) is 37.6 Å². The van der Waals surface area contributed by atoms with Gasteiger partial charge in [-0.15, -0.1) is 10.2 Å². The van der Waals surface area contributed by atoms with Crippen LogP contribution in [-0.2, 0) is 6.42 Å². The van der Waals surface area contributed by atoms with Crippen molar-refractivity contribution in [3.8, 4) is 5.69 Å². The van der Waals surface area contributed by atoms with Crippen molar-refractivity contribution in [2.45, 2.75) is 20.3 Å². The van der Waals surface area contributed by atoms with Crippen molar-refractivity contribution in [1.82, 2.24) is 20.0 Å². The molecular weight excluding hydrogens is 317 g/mol. The molecule has 118 valence electrons. The predicted molar refractivity (Wildman–Crippen MR) is 85.5 cm³/mol. The molecule has 3 aromatic rings. The molecule has 0 unspecified atom stereocenters. The molecule has 0 radical (unpaired) electrons. The molecule has 8 heteroatoms. The first-order valence-electron chi connectivity index (χ1n) is 7.02. The van der Waals surface area contributed by atoms with Crippen molar-refractivity contribution >= 4 is 22.4 Å². The Labute approximate surface area is 136 Å². The molecule has 0 aliphatic heterocycles. The van der Waals surface area contributed by atoms with Crippen LogP contribution < -0.4 is 5.32 Å². The third kappa shape index (κ3) is 3.11. The molecule has 0 aliphatic rings. The monoisotopic (exact) mass is 331 g/mol. The first kappa shape index (κ1) is 15.3. The van der Waals surface area contributed by atoms with E-state index in [0.29, 0.717) is 22.8 Å². The van der Waals surface area contributed by atoms with Crippen LogP contribution in [0.4, 0.5) is 9.52 Å². The van der Waals surface area contributed by atoms with Gasteiger partial charge in [-0.3, -0.25) is 10.1 Å². The fourth-order valence-electron chi connectivity index (χ4n) is 2.22. The third-order valence-electron chi connectivity index (χ3n) is 3.27. The van der Waals surface area contributed by atoms with Crippen LogP contribution in [0.3, 0.4) is 0 Å². The maximum absolute atomic E-state index is 13.1. The standard InChI is InChI=1S/C15H14FN5OS/c1-3-13-12(14(22)18-15-20-19-9(2)23-15)8-17-21(13)11-6-4-10(16)5-7-11/h4-8H,3H2,1-2H3,(H,18,20,22). The summed E-state index contributed by atoms with van der Waals surface area (Å²) in [7, 11) is 0. The van der Waals surface area contributed by atoms with E-state index in [1.165, 1.54) is 29.7 Å². The maximum Gasteiger partial charge on any atom is 0.260 e. The SMILES string of the molecule is CCc1c(C(=O)Nc2nnc(C)s2)cnn1-c1ccc(F)cc1. The molecule has 0 atom stereocenters. The molecule has 0 saturated heterocycles. The second-order valence-electron chi connectivity index (χ2n) is 4.83. The summed E-state index contributed by atoms with van der Waals surface area (Å²) in [5.41, 5.74) is 1.91. The summed E-state index contributed by atoms with van der Waals surface area (Å²) >= 11 is 1.31. The topological polar surface area (TPSA) is 72.7 Å². The highest BCUT2D eigenvalue weighted by molar-refractivity contribution is 7.15. The second kappa shape index (κ2) is 6.25. The van der Waals surface area contributed by atoms with Gasteiger partial charge >= 0.3 is 0 Å². The average Bonchev–Trinajstić information content (AvgIpc) is 3.14. The molecule has 2 aromatic heterocycles. The highest BCUT2D eigenvalue weighted by Gasteiger charge is 2.18. The lowest BCUT2D eigenvalue weighted by Crippen LogP contribution is -2.14. The van der Waals surface area contributed by atoms with E-state index in [9.17, 15) is 9.18 Å². The van der Waals surface area contributed by atoms with E-state index in [1.807, 2.05) is 13.8 Å². The van der Waals surface area contributed by atoms with E-state index in [-0.39, 0.29) is 11.7 Å². The fraction of sp³-hybridized carbons (Fsp3) is 0.200. The van der Waals surface area contributed by atoms with Crippen molar-refractivity contribution < 1.29 is 9.18 Å². The largest absolute Gasteiger partial charge is 0.296 e. The number of aryl methyl sites for hydroxylation is 1. The van der Waals surface area contributed by atoms with Crippen LogP contribution in [0, 0.1) is 12.7 Å². The predicted octanol–water partition coefficient (Wildman–Crippen LogP) is 2.99. The van der Waals surface area contributed by atoms with Crippen molar-refractivity contribution in [3.63, 3.8) is 0 Å². The van der Waals surface area contributed by atoms with Crippen molar-refractivity contribution in [3.05, 3.63) is 52.5 Å². The van der Waals surface area contributed by atoms with E-state index in [2.05, 4.69) is 20.6 Å². The molecule has 0 bridgehead atoms. The summed E-state index contributed by atoms with van der Waals surface area (Å²) in [5.74, 6) is -0.602. The van der Waals surface area contributed by atoms with E-state index in [4.69, 9.17) is 0 Å². The molecule has 0 fully saturated rings. The van der Waals surface area contributed by atoms with Crippen LogP contribution in [0.25, 0.3) is 5.69 Å².